The van der Waals surface area contributed by atoms with Crippen LogP contribution in [0, 0.1) is 0 Å². The van der Waals surface area contributed by atoms with E-state index in [9.17, 15) is 4.79 Å². The molecule has 2 N–H and O–H groups in total. The first-order valence-electron chi connectivity index (χ1n) is 6.50. The highest BCUT2D eigenvalue weighted by Gasteiger charge is 2.06. The SMILES string of the molecule is CCCCCNC(=O)c1cnc(NC(C)C)nc1. The summed E-state index contributed by atoms with van der Waals surface area (Å²) in [6.45, 7) is 6.87. The zero-order valence-corrected chi connectivity index (χ0v) is 11.4. The second-order valence-electron chi connectivity index (χ2n) is 4.56. The number of carbonyl (C=O) groups is 1. The van der Waals surface area contributed by atoms with Gasteiger partial charge >= 0.3 is 0 Å². The molecule has 0 unspecified atom stereocenters. The van der Waals surface area contributed by atoms with E-state index in [-0.39, 0.29) is 11.9 Å². The van der Waals surface area contributed by atoms with Crippen molar-refractivity contribution in [3.63, 3.8) is 0 Å². The van der Waals surface area contributed by atoms with Gasteiger partial charge in [-0.2, -0.15) is 0 Å². The van der Waals surface area contributed by atoms with E-state index in [0.717, 1.165) is 19.3 Å². The molecule has 0 radical (unpaired) electrons. The number of unbranched alkanes of at least 4 members (excludes halogenated alkanes) is 2. The second kappa shape index (κ2) is 7.63. The monoisotopic (exact) mass is 250 g/mol. The molecule has 0 atom stereocenters. The van der Waals surface area contributed by atoms with Gasteiger partial charge in [0.15, 0.2) is 0 Å². The van der Waals surface area contributed by atoms with Crippen LogP contribution in [0.4, 0.5) is 5.95 Å². The second-order valence-corrected chi connectivity index (χ2v) is 4.56. The fourth-order valence-electron chi connectivity index (χ4n) is 1.46. The molecule has 5 nitrogen and oxygen atoms in total. The number of aromatic nitrogens is 2. The minimum absolute atomic E-state index is 0.109. The van der Waals surface area contributed by atoms with Crippen molar-refractivity contribution >= 4 is 11.9 Å². The summed E-state index contributed by atoms with van der Waals surface area (Å²) < 4.78 is 0. The molecule has 1 aromatic heterocycles. The molecule has 0 aliphatic carbocycles. The number of hydrogen-bond acceptors (Lipinski definition) is 4. The molecule has 1 heterocycles. The maximum atomic E-state index is 11.7. The molecule has 0 aliphatic rings. The van der Waals surface area contributed by atoms with Gasteiger partial charge in [-0.15, -0.1) is 0 Å². The van der Waals surface area contributed by atoms with Gasteiger partial charge in [0.1, 0.15) is 0 Å². The average Bonchev–Trinajstić information content (AvgIpc) is 2.34. The van der Waals surface area contributed by atoms with Gasteiger partial charge in [-0.25, -0.2) is 9.97 Å². The van der Waals surface area contributed by atoms with Crippen LogP contribution in [0.2, 0.25) is 0 Å². The Kier molecular flexibility index (Phi) is 6.11. The standard InChI is InChI=1S/C13H22N4O/c1-4-5-6-7-14-12(18)11-8-15-13(16-9-11)17-10(2)3/h8-10H,4-7H2,1-3H3,(H,14,18)(H,15,16,17). The van der Waals surface area contributed by atoms with Crippen LogP contribution in [0.3, 0.4) is 0 Å². The van der Waals surface area contributed by atoms with E-state index >= 15 is 0 Å². The number of anilines is 1. The van der Waals surface area contributed by atoms with Crippen molar-refractivity contribution < 1.29 is 4.79 Å². The average molecular weight is 250 g/mol. The normalized spacial score (nSPS) is 10.4. The van der Waals surface area contributed by atoms with E-state index < -0.39 is 0 Å². The van der Waals surface area contributed by atoms with Crippen molar-refractivity contribution in [3.8, 4) is 0 Å². The lowest BCUT2D eigenvalue weighted by molar-refractivity contribution is 0.0952. The van der Waals surface area contributed by atoms with Crippen molar-refractivity contribution in [3.05, 3.63) is 18.0 Å². The maximum Gasteiger partial charge on any atom is 0.254 e. The lowest BCUT2D eigenvalue weighted by Crippen LogP contribution is -2.25. The van der Waals surface area contributed by atoms with Crippen LogP contribution < -0.4 is 10.6 Å². The molecular weight excluding hydrogens is 228 g/mol. The number of nitrogens with one attached hydrogen (secondary N) is 2. The third kappa shape index (κ3) is 5.12. The quantitative estimate of drug-likeness (QED) is 0.728. The summed E-state index contributed by atoms with van der Waals surface area (Å²) in [5, 5.41) is 5.93. The van der Waals surface area contributed by atoms with E-state index in [2.05, 4.69) is 27.5 Å². The van der Waals surface area contributed by atoms with Gasteiger partial charge in [-0.05, 0) is 20.3 Å². The third-order valence-corrected chi connectivity index (χ3v) is 2.40. The predicted octanol–water partition coefficient (Wildman–Crippen LogP) is 2.22. The Morgan fingerprint density at radius 2 is 1.94 bits per heavy atom. The van der Waals surface area contributed by atoms with Gasteiger partial charge in [0, 0.05) is 25.0 Å². The third-order valence-electron chi connectivity index (χ3n) is 2.40. The Labute approximate surface area is 108 Å². The minimum atomic E-state index is -0.109. The van der Waals surface area contributed by atoms with Crippen LogP contribution in [0.15, 0.2) is 12.4 Å². The van der Waals surface area contributed by atoms with Crippen LogP contribution in [-0.2, 0) is 0 Å². The van der Waals surface area contributed by atoms with Crippen LogP contribution in [0.1, 0.15) is 50.4 Å². The lowest BCUT2D eigenvalue weighted by Gasteiger charge is -2.08. The highest BCUT2D eigenvalue weighted by Crippen LogP contribution is 2.02. The Bertz CT molecular complexity index is 362. The molecular formula is C13H22N4O. The van der Waals surface area contributed by atoms with Crippen molar-refractivity contribution in [2.45, 2.75) is 46.1 Å². The first kappa shape index (κ1) is 14.4. The molecule has 18 heavy (non-hydrogen) atoms. The van der Waals surface area contributed by atoms with Crippen molar-refractivity contribution in [2.24, 2.45) is 0 Å². The molecule has 1 rings (SSSR count). The molecule has 5 heteroatoms. The Hall–Kier alpha value is -1.65. The molecule has 100 valence electrons. The van der Waals surface area contributed by atoms with Gasteiger partial charge in [-0.1, -0.05) is 19.8 Å². The summed E-state index contributed by atoms with van der Waals surface area (Å²) in [5.74, 6) is 0.440. The van der Waals surface area contributed by atoms with E-state index in [4.69, 9.17) is 0 Å². The van der Waals surface area contributed by atoms with E-state index in [1.165, 1.54) is 0 Å². The molecule has 0 saturated carbocycles. The van der Waals surface area contributed by atoms with E-state index in [1.54, 1.807) is 12.4 Å². The van der Waals surface area contributed by atoms with Crippen molar-refractivity contribution in [1.29, 1.82) is 0 Å². The molecule has 0 aliphatic heterocycles. The van der Waals surface area contributed by atoms with Gasteiger partial charge in [0.2, 0.25) is 5.95 Å². The van der Waals surface area contributed by atoms with Gasteiger partial charge in [0.25, 0.3) is 5.91 Å². The molecule has 1 aromatic rings. The van der Waals surface area contributed by atoms with Crippen LogP contribution in [0.5, 0.6) is 0 Å². The first-order chi connectivity index (χ1) is 8.63. The van der Waals surface area contributed by atoms with Gasteiger partial charge in [0.05, 0.1) is 5.56 Å². The smallest absolute Gasteiger partial charge is 0.254 e. The Morgan fingerprint density at radius 1 is 1.28 bits per heavy atom. The highest BCUT2D eigenvalue weighted by molar-refractivity contribution is 5.93. The predicted molar refractivity (Wildman–Crippen MR) is 72.6 cm³/mol. The first-order valence-corrected chi connectivity index (χ1v) is 6.50. The van der Waals surface area contributed by atoms with Gasteiger partial charge < -0.3 is 10.6 Å². The number of carbonyl (C=O) groups excluding carboxylic acids is 1. The summed E-state index contributed by atoms with van der Waals surface area (Å²) >= 11 is 0. The van der Waals surface area contributed by atoms with Crippen LogP contribution >= 0.6 is 0 Å². The zero-order valence-electron chi connectivity index (χ0n) is 11.4. The minimum Gasteiger partial charge on any atom is -0.352 e. The molecule has 0 bridgehead atoms. The summed E-state index contributed by atoms with van der Waals surface area (Å²) in [4.78, 5) is 19.9. The molecule has 0 fully saturated rings. The fraction of sp³-hybridized carbons (Fsp3) is 0.615. The van der Waals surface area contributed by atoms with Crippen molar-refractivity contribution in [1.82, 2.24) is 15.3 Å². The molecule has 0 spiro atoms. The maximum absolute atomic E-state index is 11.7. The number of nitrogens with zero attached hydrogens (tertiary/aromatic N) is 2. The number of rotatable bonds is 7. The highest BCUT2D eigenvalue weighted by atomic mass is 16.1. The zero-order chi connectivity index (χ0) is 13.4. The summed E-state index contributed by atoms with van der Waals surface area (Å²) in [6.07, 6.45) is 6.39. The Balaban J connectivity index is 2.43. The summed E-state index contributed by atoms with van der Waals surface area (Å²) in [6, 6.07) is 0.277. The topological polar surface area (TPSA) is 66.9 Å². The van der Waals surface area contributed by atoms with Crippen LogP contribution in [0.25, 0.3) is 0 Å². The fourth-order valence-corrected chi connectivity index (χ4v) is 1.46. The number of amides is 1. The van der Waals surface area contributed by atoms with Gasteiger partial charge in [-0.3, -0.25) is 4.79 Å². The number of hydrogen-bond donors (Lipinski definition) is 2. The summed E-state index contributed by atoms with van der Waals surface area (Å²) in [5.41, 5.74) is 0.501. The molecule has 1 amide bonds. The van der Waals surface area contributed by atoms with Crippen LogP contribution in [-0.4, -0.2) is 28.5 Å². The van der Waals surface area contributed by atoms with Crippen molar-refractivity contribution in [2.75, 3.05) is 11.9 Å². The molecule has 0 saturated heterocycles. The summed E-state index contributed by atoms with van der Waals surface area (Å²) in [7, 11) is 0. The largest absolute Gasteiger partial charge is 0.352 e. The lowest BCUT2D eigenvalue weighted by atomic mass is 10.2. The van der Waals surface area contributed by atoms with E-state index in [0.29, 0.717) is 18.1 Å². The molecule has 0 aromatic carbocycles. The Morgan fingerprint density at radius 3 is 2.50 bits per heavy atom. The van der Waals surface area contributed by atoms with E-state index in [1.807, 2.05) is 13.8 Å².